The summed E-state index contributed by atoms with van der Waals surface area (Å²) in [5.41, 5.74) is 8.32. The Morgan fingerprint density at radius 1 is 0.875 bits per heavy atom. The molecule has 0 fully saturated rings. The van der Waals surface area contributed by atoms with Crippen molar-refractivity contribution in [2.75, 3.05) is 18.6 Å². The van der Waals surface area contributed by atoms with Gasteiger partial charge in [0, 0.05) is 29.9 Å². The Balaban J connectivity index is 1.75. The van der Waals surface area contributed by atoms with Gasteiger partial charge in [-0.25, -0.2) is 4.79 Å². The molecule has 2 aromatic carbocycles. The molecule has 4 unspecified atom stereocenters. The summed E-state index contributed by atoms with van der Waals surface area (Å²) in [6, 6.07) is 11.6. The number of carboxylic acids is 1. The van der Waals surface area contributed by atoms with E-state index >= 15 is 0 Å². The van der Waals surface area contributed by atoms with Gasteiger partial charge in [0.2, 0.25) is 17.7 Å². The molecule has 3 amide bonds. The first-order chi connectivity index (χ1) is 19.2. The van der Waals surface area contributed by atoms with Gasteiger partial charge in [0.05, 0.1) is 12.6 Å². The van der Waals surface area contributed by atoms with E-state index in [0.717, 1.165) is 16.5 Å². The summed E-state index contributed by atoms with van der Waals surface area (Å²) in [7, 11) is 0. The molecule has 1 aromatic heterocycles. The first-order valence-electron chi connectivity index (χ1n) is 12.8. The molecule has 12 heteroatoms. The SMILES string of the molecule is CSCCC(N)C(=O)NC(Cc1c[nH]c2ccccc12)C(=O)NC(CO)C(=O)NC(Cc1ccccc1)C(=O)O. The number of para-hydroxylation sites is 1. The molecule has 1 heterocycles. The lowest BCUT2D eigenvalue weighted by atomic mass is 10.0. The lowest BCUT2D eigenvalue weighted by Crippen LogP contribution is -2.58. The zero-order chi connectivity index (χ0) is 29.1. The number of benzene rings is 2. The van der Waals surface area contributed by atoms with Crippen molar-refractivity contribution in [3.8, 4) is 0 Å². The van der Waals surface area contributed by atoms with E-state index in [9.17, 15) is 29.4 Å². The zero-order valence-corrected chi connectivity index (χ0v) is 22.9. The average molecular weight is 570 g/mol. The second kappa shape index (κ2) is 15.1. The molecule has 0 aliphatic carbocycles. The molecule has 0 saturated heterocycles. The highest BCUT2D eigenvalue weighted by Gasteiger charge is 2.30. The smallest absolute Gasteiger partial charge is 0.326 e. The monoisotopic (exact) mass is 569 g/mol. The highest BCUT2D eigenvalue weighted by Crippen LogP contribution is 2.19. The van der Waals surface area contributed by atoms with Crippen LogP contribution in [0.15, 0.2) is 60.8 Å². The maximum Gasteiger partial charge on any atom is 0.326 e. The largest absolute Gasteiger partial charge is 0.480 e. The Bertz CT molecular complexity index is 1300. The number of aliphatic hydroxyl groups is 1. The molecule has 0 aliphatic heterocycles. The fourth-order valence-electron chi connectivity index (χ4n) is 4.17. The van der Waals surface area contributed by atoms with Crippen LogP contribution in [0.1, 0.15) is 17.5 Å². The van der Waals surface area contributed by atoms with Crippen molar-refractivity contribution in [2.45, 2.75) is 43.4 Å². The number of thioether (sulfide) groups is 1. The standard InChI is InChI=1S/C28H35N5O6S/c1-40-12-11-20(29)25(35)31-22(14-18-15-30-21-10-6-5-9-19(18)21)26(36)33-24(16-34)27(37)32-23(28(38)39)13-17-7-3-2-4-8-17/h2-10,15,20,22-24,30,34H,11-14,16,29H2,1H3,(H,31,35)(H,32,37)(H,33,36)(H,38,39). The van der Waals surface area contributed by atoms with Gasteiger partial charge in [-0.1, -0.05) is 48.5 Å². The maximum absolute atomic E-state index is 13.4. The molecule has 3 rings (SSSR count). The third kappa shape index (κ3) is 8.57. The van der Waals surface area contributed by atoms with E-state index in [1.807, 2.05) is 30.5 Å². The summed E-state index contributed by atoms with van der Waals surface area (Å²) in [5, 5.41) is 27.9. The number of aliphatic hydroxyl groups excluding tert-OH is 1. The number of hydrogen-bond acceptors (Lipinski definition) is 7. The molecule has 0 saturated carbocycles. The molecule has 0 spiro atoms. The highest BCUT2D eigenvalue weighted by atomic mass is 32.2. The number of fused-ring (bicyclic) bond motifs is 1. The molecule has 40 heavy (non-hydrogen) atoms. The van der Waals surface area contributed by atoms with Gasteiger partial charge in [-0.3, -0.25) is 14.4 Å². The first-order valence-corrected chi connectivity index (χ1v) is 14.2. The second-order valence-corrected chi connectivity index (χ2v) is 10.3. The molecule has 4 atom stereocenters. The topological polar surface area (TPSA) is 187 Å². The molecule has 0 aliphatic rings. The number of carbonyl (C=O) groups is 4. The van der Waals surface area contributed by atoms with Crippen molar-refractivity contribution in [2.24, 2.45) is 5.73 Å². The molecule has 11 nitrogen and oxygen atoms in total. The number of nitrogens with one attached hydrogen (secondary N) is 4. The van der Waals surface area contributed by atoms with Crippen molar-refractivity contribution >= 4 is 46.4 Å². The number of carboxylic acid groups (broad SMARTS) is 1. The number of rotatable bonds is 15. The van der Waals surface area contributed by atoms with E-state index in [2.05, 4.69) is 20.9 Å². The quantitative estimate of drug-likeness (QED) is 0.138. The van der Waals surface area contributed by atoms with Gasteiger partial charge in [-0.05, 0) is 35.6 Å². The molecule has 8 N–H and O–H groups in total. The zero-order valence-electron chi connectivity index (χ0n) is 22.1. The summed E-state index contributed by atoms with van der Waals surface area (Å²) < 4.78 is 0. The molecule has 0 bridgehead atoms. The van der Waals surface area contributed by atoms with E-state index in [-0.39, 0.29) is 12.8 Å². The van der Waals surface area contributed by atoms with Crippen molar-refractivity contribution in [1.82, 2.24) is 20.9 Å². The minimum Gasteiger partial charge on any atom is -0.480 e. The van der Waals surface area contributed by atoms with Gasteiger partial charge >= 0.3 is 5.97 Å². The summed E-state index contributed by atoms with van der Waals surface area (Å²) in [6.45, 7) is -0.782. The van der Waals surface area contributed by atoms with Gasteiger partial charge in [0.1, 0.15) is 18.1 Å². The van der Waals surface area contributed by atoms with Crippen molar-refractivity contribution in [1.29, 1.82) is 0 Å². The van der Waals surface area contributed by atoms with Crippen LogP contribution in [0.25, 0.3) is 10.9 Å². The Hall–Kier alpha value is -3.87. The molecule has 3 aromatic rings. The minimum atomic E-state index is -1.45. The predicted octanol–water partition coefficient (Wildman–Crippen LogP) is 0.565. The van der Waals surface area contributed by atoms with E-state index in [4.69, 9.17) is 5.73 Å². The van der Waals surface area contributed by atoms with Crippen LogP contribution in [-0.4, -0.2) is 81.7 Å². The van der Waals surface area contributed by atoms with Gasteiger partial charge in [-0.15, -0.1) is 0 Å². The number of amides is 3. The highest BCUT2D eigenvalue weighted by molar-refractivity contribution is 7.98. The van der Waals surface area contributed by atoms with Gasteiger partial charge in [-0.2, -0.15) is 11.8 Å². The Morgan fingerprint density at radius 2 is 1.50 bits per heavy atom. The third-order valence-electron chi connectivity index (χ3n) is 6.41. The molecule has 0 radical (unpaired) electrons. The van der Waals surface area contributed by atoms with Crippen molar-refractivity contribution < 1.29 is 29.4 Å². The van der Waals surface area contributed by atoms with Crippen LogP contribution in [0.4, 0.5) is 0 Å². The predicted molar refractivity (Wildman–Crippen MR) is 154 cm³/mol. The third-order valence-corrected chi connectivity index (χ3v) is 7.06. The number of aliphatic carboxylic acids is 1. The van der Waals surface area contributed by atoms with Crippen LogP contribution in [0.5, 0.6) is 0 Å². The molecular weight excluding hydrogens is 534 g/mol. The van der Waals surface area contributed by atoms with Gasteiger partial charge in [0.15, 0.2) is 0 Å². The summed E-state index contributed by atoms with van der Waals surface area (Å²) in [4.78, 5) is 54.0. The number of aromatic nitrogens is 1. The number of nitrogens with two attached hydrogens (primary N) is 1. The first kappa shape index (κ1) is 30.7. The van der Waals surface area contributed by atoms with Crippen LogP contribution in [0, 0.1) is 0 Å². The summed E-state index contributed by atoms with van der Waals surface area (Å²) >= 11 is 1.54. The normalized spacial score (nSPS) is 14.1. The van der Waals surface area contributed by atoms with E-state index < -0.39 is 54.5 Å². The fraction of sp³-hybridized carbons (Fsp3) is 0.357. The number of carbonyl (C=O) groups excluding carboxylic acids is 3. The summed E-state index contributed by atoms with van der Waals surface area (Å²) in [6.07, 6.45) is 4.15. The lowest BCUT2D eigenvalue weighted by molar-refractivity contribution is -0.142. The van der Waals surface area contributed by atoms with Gasteiger partial charge in [0.25, 0.3) is 0 Å². The maximum atomic E-state index is 13.4. The average Bonchev–Trinajstić information content (AvgIpc) is 3.36. The van der Waals surface area contributed by atoms with Crippen molar-refractivity contribution in [3.63, 3.8) is 0 Å². The van der Waals surface area contributed by atoms with E-state index in [0.29, 0.717) is 17.7 Å². The number of aromatic amines is 1. The van der Waals surface area contributed by atoms with Gasteiger partial charge < -0.3 is 36.9 Å². The number of hydrogen-bond donors (Lipinski definition) is 7. The van der Waals surface area contributed by atoms with Crippen LogP contribution in [0.2, 0.25) is 0 Å². The van der Waals surface area contributed by atoms with Crippen LogP contribution < -0.4 is 21.7 Å². The van der Waals surface area contributed by atoms with Crippen LogP contribution in [0.3, 0.4) is 0 Å². The Labute approximate surface area is 236 Å². The Morgan fingerprint density at radius 3 is 2.17 bits per heavy atom. The van der Waals surface area contributed by atoms with Crippen LogP contribution >= 0.6 is 11.8 Å². The van der Waals surface area contributed by atoms with Crippen molar-refractivity contribution in [3.05, 3.63) is 71.9 Å². The van der Waals surface area contributed by atoms with E-state index in [1.165, 1.54) is 0 Å². The Kier molecular flexibility index (Phi) is 11.5. The second-order valence-electron chi connectivity index (χ2n) is 9.35. The fourth-order valence-corrected chi connectivity index (χ4v) is 4.66. The van der Waals surface area contributed by atoms with Crippen LogP contribution in [-0.2, 0) is 32.0 Å². The lowest BCUT2D eigenvalue weighted by Gasteiger charge is -2.24. The number of H-pyrrole nitrogens is 1. The molecule has 214 valence electrons. The molecular formula is C28H35N5O6S. The summed E-state index contributed by atoms with van der Waals surface area (Å²) in [5.74, 6) is -2.71. The minimum absolute atomic E-state index is 0.0151. The van der Waals surface area contributed by atoms with E-state index in [1.54, 1.807) is 48.3 Å².